The maximum absolute atomic E-state index is 11.5. The van der Waals surface area contributed by atoms with E-state index in [1.54, 1.807) is 0 Å². The molecule has 0 fully saturated rings. The van der Waals surface area contributed by atoms with Crippen LogP contribution >= 0.6 is 0 Å². The van der Waals surface area contributed by atoms with Crippen molar-refractivity contribution >= 4 is 12.0 Å². The molecule has 1 rings (SSSR count). The van der Waals surface area contributed by atoms with E-state index in [0.717, 1.165) is 37.5 Å². The van der Waals surface area contributed by atoms with E-state index in [0.29, 0.717) is 6.61 Å². The van der Waals surface area contributed by atoms with E-state index in [-0.39, 0.29) is 22.8 Å². The number of hydrogen-bond donors (Lipinski definition) is 3. The molecule has 0 amide bonds. The summed E-state index contributed by atoms with van der Waals surface area (Å²) in [6.45, 7) is 2.53. The van der Waals surface area contributed by atoms with Crippen LogP contribution in [0, 0.1) is 0 Å². The van der Waals surface area contributed by atoms with Crippen LogP contribution < -0.4 is 0 Å². The number of unbranched alkanes of at least 4 members (excludes halogenated alkanes) is 5. The Bertz CT molecular complexity index is 485. The number of ether oxygens (including phenoxy) is 1. The zero-order valence-electron chi connectivity index (χ0n) is 12.9. The smallest absolute Gasteiger partial charge is 0.330 e. The minimum absolute atomic E-state index is 0.0642. The third-order valence-corrected chi connectivity index (χ3v) is 3.25. The van der Waals surface area contributed by atoms with Gasteiger partial charge in [-0.15, -0.1) is 0 Å². The maximum Gasteiger partial charge on any atom is 0.330 e. The predicted octanol–water partition coefficient (Wildman–Crippen LogP) is 3.72. The van der Waals surface area contributed by atoms with E-state index >= 15 is 0 Å². The van der Waals surface area contributed by atoms with Gasteiger partial charge in [0.1, 0.15) is 17.2 Å². The number of carbonyl (C=O) groups is 1. The highest BCUT2D eigenvalue weighted by Crippen LogP contribution is 2.32. The van der Waals surface area contributed by atoms with Gasteiger partial charge in [0, 0.05) is 18.2 Å². The summed E-state index contributed by atoms with van der Waals surface area (Å²) < 4.78 is 5.04. The third kappa shape index (κ3) is 6.52. The van der Waals surface area contributed by atoms with Crippen molar-refractivity contribution in [3.63, 3.8) is 0 Å². The number of phenols is 3. The second kappa shape index (κ2) is 9.71. The van der Waals surface area contributed by atoms with Crippen LogP contribution in [0.5, 0.6) is 17.2 Å². The molecule has 0 aromatic heterocycles. The van der Waals surface area contributed by atoms with Crippen molar-refractivity contribution in [3.8, 4) is 17.2 Å². The van der Waals surface area contributed by atoms with Crippen molar-refractivity contribution in [2.75, 3.05) is 6.61 Å². The molecule has 0 aliphatic heterocycles. The molecule has 0 aliphatic carbocycles. The van der Waals surface area contributed by atoms with Gasteiger partial charge in [-0.1, -0.05) is 39.0 Å². The van der Waals surface area contributed by atoms with Gasteiger partial charge in [0.05, 0.1) is 12.2 Å². The number of hydrogen-bond acceptors (Lipinski definition) is 5. The summed E-state index contributed by atoms with van der Waals surface area (Å²) in [5.74, 6) is -1.40. The van der Waals surface area contributed by atoms with Gasteiger partial charge < -0.3 is 20.1 Å². The molecule has 0 atom stereocenters. The predicted molar refractivity (Wildman–Crippen MR) is 84.8 cm³/mol. The van der Waals surface area contributed by atoms with E-state index in [1.165, 1.54) is 25.3 Å². The molecule has 122 valence electrons. The average molecular weight is 308 g/mol. The average Bonchev–Trinajstić information content (AvgIpc) is 2.45. The number of aromatic hydroxyl groups is 3. The minimum Gasteiger partial charge on any atom is -0.508 e. The number of esters is 1. The Hall–Kier alpha value is -2.17. The largest absolute Gasteiger partial charge is 0.508 e. The molecule has 0 saturated heterocycles. The number of benzene rings is 1. The van der Waals surface area contributed by atoms with Crippen LogP contribution in [0.3, 0.4) is 0 Å². The molecule has 0 spiro atoms. The number of rotatable bonds is 9. The van der Waals surface area contributed by atoms with Gasteiger partial charge in [0.25, 0.3) is 0 Å². The van der Waals surface area contributed by atoms with Crippen LogP contribution in [-0.4, -0.2) is 27.9 Å². The van der Waals surface area contributed by atoms with E-state index in [2.05, 4.69) is 6.92 Å². The van der Waals surface area contributed by atoms with Crippen molar-refractivity contribution < 1.29 is 24.9 Å². The third-order valence-electron chi connectivity index (χ3n) is 3.25. The Morgan fingerprint density at radius 1 is 1.05 bits per heavy atom. The highest BCUT2D eigenvalue weighted by Gasteiger charge is 2.07. The first-order chi connectivity index (χ1) is 10.5. The van der Waals surface area contributed by atoms with Crippen LogP contribution in [0.1, 0.15) is 51.0 Å². The van der Waals surface area contributed by atoms with E-state index in [9.17, 15) is 20.1 Å². The molecule has 3 N–H and O–H groups in total. The summed E-state index contributed by atoms with van der Waals surface area (Å²) in [5, 5.41) is 28.3. The lowest BCUT2D eigenvalue weighted by molar-refractivity contribution is -0.137. The van der Waals surface area contributed by atoms with Crippen LogP contribution in [-0.2, 0) is 9.53 Å². The molecule has 0 saturated carbocycles. The molecular weight excluding hydrogens is 284 g/mol. The molecule has 1 aromatic rings. The molecule has 0 heterocycles. The standard InChI is InChI=1S/C17H24O5/c1-2-3-4-5-6-7-10-22-17(21)9-8-14-15(19)11-13(18)12-16(14)20/h8-9,11-12,18-20H,2-7,10H2,1H3. The number of carbonyl (C=O) groups excluding carboxylic acids is 1. The first kappa shape index (κ1) is 17.9. The molecule has 0 unspecified atom stereocenters. The maximum atomic E-state index is 11.5. The molecule has 0 bridgehead atoms. The van der Waals surface area contributed by atoms with Crippen LogP contribution in [0.25, 0.3) is 6.08 Å². The van der Waals surface area contributed by atoms with Gasteiger partial charge in [-0.25, -0.2) is 4.79 Å². The van der Waals surface area contributed by atoms with Crippen molar-refractivity contribution in [3.05, 3.63) is 23.8 Å². The van der Waals surface area contributed by atoms with Crippen molar-refractivity contribution in [1.82, 2.24) is 0 Å². The van der Waals surface area contributed by atoms with Gasteiger partial charge >= 0.3 is 5.97 Å². The molecular formula is C17H24O5. The Morgan fingerprint density at radius 3 is 2.27 bits per heavy atom. The first-order valence-corrected chi connectivity index (χ1v) is 7.64. The Morgan fingerprint density at radius 2 is 1.64 bits per heavy atom. The van der Waals surface area contributed by atoms with E-state index in [1.807, 2.05) is 0 Å². The molecule has 22 heavy (non-hydrogen) atoms. The lowest BCUT2D eigenvalue weighted by atomic mass is 10.1. The Labute approximate surface area is 130 Å². The highest BCUT2D eigenvalue weighted by atomic mass is 16.5. The SMILES string of the molecule is CCCCCCCCOC(=O)C=Cc1c(O)cc(O)cc1O. The normalized spacial score (nSPS) is 11.0. The molecule has 5 heteroatoms. The highest BCUT2D eigenvalue weighted by molar-refractivity contribution is 5.88. The fourth-order valence-corrected chi connectivity index (χ4v) is 2.03. The summed E-state index contributed by atoms with van der Waals surface area (Å²) in [5.41, 5.74) is 0.0642. The summed E-state index contributed by atoms with van der Waals surface area (Å²) in [6, 6.07) is 2.17. The first-order valence-electron chi connectivity index (χ1n) is 7.64. The van der Waals surface area contributed by atoms with Crippen LogP contribution in [0.15, 0.2) is 18.2 Å². The van der Waals surface area contributed by atoms with Crippen molar-refractivity contribution in [2.45, 2.75) is 45.4 Å². The fraction of sp³-hybridized carbons (Fsp3) is 0.471. The summed E-state index contributed by atoms with van der Waals surface area (Å²) in [4.78, 5) is 11.5. The zero-order chi connectivity index (χ0) is 16.4. The molecule has 5 nitrogen and oxygen atoms in total. The van der Waals surface area contributed by atoms with Gasteiger partial charge in [-0.05, 0) is 12.5 Å². The number of phenolic OH excluding ortho intramolecular Hbond substituents is 3. The summed E-state index contributed by atoms with van der Waals surface area (Å²) >= 11 is 0. The molecule has 0 aliphatic rings. The molecule has 0 radical (unpaired) electrons. The van der Waals surface area contributed by atoms with Crippen LogP contribution in [0.2, 0.25) is 0 Å². The van der Waals surface area contributed by atoms with Gasteiger partial charge in [0.15, 0.2) is 0 Å². The van der Waals surface area contributed by atoms with Gasteiger partial charge in [-0.2, -0.15) is 0 Å². The van der Waals surface area contributed by atoms with E-state index in [4.69, 9.17) is 4.74 Å². The second-order valence-corrected chi connectivity index (χ2v) is 5.17. The lowest BCUT2D eigenvalue weighted by Crippen LogP contribution is -2.02. The van der Waals surface area contributed by atoms with Crippen LogP contribution in [0.4, 0.5) is 0 Å². The minimum atomic E-state index is -0.527. The zero-order valence-corrected chi connectivity index (χ0v) is 12.9. The fourth-order valence-electron chi connectivity index (χ4n) is 2.03. The quantitative estimate of drug-likeness (QED) is 0.368. The lowest BCUT2D eigenvalue weighted by Gasteiger charge is -2.04. The topological polar surface area (TPSA) is 87.0 Å². The second-order valence-electron chi connectivity index (χ2n) is 5.17. The Balaban J connectivity index is 2.33. The van der Waals surface area contributed by atoms with Crippen molar-refractivity contribution in [2.24, 2.45) is 0 Å². The van der Waals surface area contributed by atoms with Crippen molar-refractivity contribution in [1.29, 1.82) is 0 Å². The summed E-state index contributed by atoms with van der Waals surface area (Å²) in [7, 11) is 0. The Kier molecular flexibility index (Phi) is 7.89. The monoisotopic (exact) mass is 308 g/mol. The van der Waals surface area contributed by atoms with Gasteiger partial charge in [0.2, 0.25) is 0 Å². The van der Waals surface area contributed by atoms with Gasteiger partial charge in [-0.3, -0.25) is 0 Å². The van der Waals surface area contributed by atoms with E-state index < -0.39 is 5.97 Å². The summed E-state index contributed by atoms with van der Waals surface area (Å²) in [6.07, 6.45) is 9.07. The molecule has 1 aromatic carbocycles.